The highest BCUT2D eigenvalue weighted by molar-refractivity contribution is 5.00. The Hall–Kier alpha value is -0.0800. The molecule has 2 atom stereocenters. The van der Waals surface area contributed by atoms with Crippen molar-refractivity contribution in [2.24, 2.45) is 5.41 Å². The molecule has 0 bridgehead atoms. The molecule has 2 saturated carbocycles. The molecule has 2 unspecified atom stereocenters. The van der Waals surface area contributed by atoms with Gasteiger partial charge in [0.15, 0.2) is 0 Å². The van der Waals surface area contributed by atoms with Gasteiger partial charge in [-0.25, -0.2) is 0 Å². The first kappa shape index (κ1) is 7.56. The van der Waals surface area contributed by atoms with Crippen molar-refractivity contribution in [3.8, 4) is 0 Å². The van der Waals surface area contributed by atoms with Crippen LogP contribution in [0.5, 0.6) is 0 Å². The van der Waals surface area contributed by atoms with Crippen LogP contribution in [0.4, 0.5) is 0 Å². The van der Waals surface area contributed by atoms with E-state index in [1.807, 2.05) is 0 Å². The molecule has 2 fully saturated rings. The third-order valence-corrected chi connectivity index (χ3v) is 3.57. The molecule has 0 aromatic rings. The molecule has 0 amide bonds. The Kier molecular flexibility index (Phi) is 1.69. The molecule has 2 heteroatoms. The number of hydrogen-bond donors (Lipinski definition) is 2. The van der Waals surface area contributed by atoms with Crippen molar-refractivity contribution >= 4 is 0 Å². The highest BCUT2D eigenvalue weighted by Gasteiger charge is 2.49. The van der Waals surface area contributed by atoms with Crippen molar-refractivity contribution < 1.29 is 10.2 Å². The molecule has 11 heavy (non-hydrogen) atoms. The third kappa shape index (κ3) is 0.926. The molecule has 0 aromatic heterocycles. The van der Waals surface area contributed by atoms with Gasteiger partial charge in [0.1, 0.15) is 0 Å². The second-order valence-corrected chi connectivity index (χ2v) is 4.05. The fourth-order valence-electron chi connectivity index (χ4n) is 2.84. The second kappa shape index (κ2) is 2.46. The summed E-state index contributed by atoms with van der Waals surface area (Å²) in [6.07, 6.45) is 5.62. The van der Waals surface area contributed by atoms with Gasteiger partial charge in [0, 0.05) is 5.41 Å². The van der Waals surface area contributed by atoms with Crippen molar-refractivity contribution in [1.82, 2.24) is 0 Å². The zero-order chi connectivity index (χ0) is 7.90. The fraction of sp³-hybridized carbons (Fsp3) is 1.00. The van der Waals surface area contributed by atoms with Gasteiger partial charge in [0.2, 0.25) is 0 Å². The van der Waals surface area contributed by atoms with Gasteiger partial charge in [-0.05, 0) is 25.7 Å². The van der Waals surface area contributed by atoms with E-state index in [9.17, 15) is 10.2 Å². The van der Waals surface area contributed by atoms with E-state index >= 15 is 0 Å². The van der Waals surface area contributed by atoms with E-state index in [1.54, 1.807) is 0 Å². The summed E-state index contributed by atoms with van der Waals surface area (Å²) in [5.41, 5.74) is -0.0833. The first-order chi connectivity index (χ1) is 5.26. The van der Waals surface area contributed by atoms with Crippen LogP contribution in [-0.4, -0.2) is 22.4 Å². The number of hydrogen-bond acceptors (Lipinski definition) is 2. The Morgan fingerprint density at radius 1 is 0.909 bits per heavy atom. The van der Waals surface area contributed by atoms with Gasteiger partial charge in [-0.2, -0.15) is 0 Å². The Balaban J connectivity index is 2.19. The van der Waals surface area contributed by atoms with E-state index in [4.69, 9.17) is 0 Å². The van der Waals surface area contributed by atoms with Crippen molar-refractivity contribution in [2.75, 3.05) is 0 Å². The molecule has 0 radical (unpaired) electrons. The second-order valence-electron chi connectivity index (χ2n) is 4.05. The van der Waals surface area contributed by atoms with Crippen LogP contribution in [-0.2, 0) is 0 Å². The Morgan fingerprint density at radius 3 is 1.64 bits per heavy atom. The molecule has 2 nitrogen and oxygen atoms in total. The zero-order valence-electron chi connectivity index (χ0n) is 6.79. The van der Waals surface area contributed by atoms with Gasteiger partial charge in [-0.1, -0.05) is 12.8 Å². The summed E-state index contributed by atoms with van der Waals surface area (Å²) in [7, 11) is 0. The summed E-state index contributed by atoms with van der Waals surface area (Å²) in [6.45, 7) is 0. The fourth-order valence-corrected chi connectivity index (χ4v) is 2.84. The lowest BCUT2D eigenvalue weighted by atomic mass is 9.80. The van der Waals surface area contributed by atoms with Gasteiger partial charge < -0.3 is 10.2 Å². The van der Waals surface area contributed by atoms with Crippen LogP contribution < -0.4 is 0 Å². The monoisotopic (exact) mass is 156 g/mol. The average Bonchev–Trinajstić information content (AvgIpc) is 2.48. The highest BCUT2D eigenvalue weighted by Crippen LogP contribution is 2.50. The van der Waals surface area contributed by atoms with Crippen molar-refractivity contribution in [3.05, 3.63) is 0 Å². The highest BCUT2D eigenvalue weighted by atomic mass is 16.3. The van der Waals surface area contributed by atoms with Crippen molar-refractivity contribution in [1.29, 1.82) is 0 Å². The standard InChI is InChI=1S/C9H16O2/c10-7-3-1-5-9(7)6-2-4-8(9)11/h7-8,10-11H,1-6H2. The van der Waals surface area contributed by atoms with E-state index in [0.717, 1.165) is 38.5 Å². The van der Waals surface area contributed by atoms with Gasteiger partial charge in [0.05, 0.1) is 12.2 Å². The lowest BCUT2D eigenvalue weighted by Gasteiger charge is -2.31. The molecule has 1 spiro atoms. The summed E-state index contributed by atoms with van der Waals surface area (Å²) >= 11 is 0. The van der Waals surface area contributed by atoms with E-state index in [0.29, 0.717) is 0 Å². The minimum absolute atomic E-state index is 0.0833. The van der Waals surface area contributed by atoms with Crippen LogP contribution in [0.25, 0.3) is 0 Å². The van der Waals surface area contributed by atoms with Crippen LogP contribution in [0.3, 0.4) is 0 Å². The van der Waals surface area contributed by atoms with Crippen LogP contribution in [0.15, 0.2) is 0 Å². The zero-order valence-corrected chi connectivity index (χ0v) is 6.79. The van der Waals surface area contributed by atoms with Crippen LogP contribution in [0, 0.1) is 5.41 Å². The van der Waals surface area contributed by atoms with Crippen LogP contribution in [0.1, 0.15) is 38.5 Å². The van der Waals surface area contributed by atoms with E-state index < -0.39 is 0 Å². The first-order valence-corrected chi connectivity index (χ1v) is 4.62. The summed E-state index contributed by atoms with van der Waals surface area (Å²) in [4.78, 5) is 0. The molecule has 0 aliphatic heterocycles. The Labute approximate surface area is 67.2 Å². The molecule has 2 aliphatic rings. The quantitative estimate of drug-likeness (QED) is 0.550. The molecule has 0 heterocycles. The smallest absolute Gasteiger partial charge is 0.0621 e. The molecule has 0 saturated heterocycles. The first-order valence-electron chi connectivity index (χ1n) is 4.62. The summed E-state index contributed by atoms with van der Waals surface area (Å²) in [5.74, 6) is 0. The molecule has 2 rings (SSSR count). The minimum atomic E-state index is -0.222. The van der Waals surface area contributed by atoms with Crippen molar-refractivity contribution in [3.63, 3.8) is 0 Å². The summed E-state index contributed by atoms with van der Waals surface area (Å²) in [5, 5.41) is 19.4. The third-order valence-electron chi connectivity index (χ3n) is 3.57. The van der Waals surface area contributed by atoms with Gasteiger partial charge in [-0.15, -0.1) is 0 Å². The predicted molar refractivity (Wildman–Crippen MR) is 42.1 cm³/mol. The molecule has 2 N–H and O–H groups in total. The Morgan fingerprint density at radius 2 is 1.36 bits per heavy atom. The van der Waals surface area contributed by atoms with Crippen LogP contribution in [0.2, 0.25) is 0 Å². The Bertz CT molecular complexity index is 138. The number of aliphatic hydroxyl groups is 2. The lowest BCUT2D eigenvalue weighted by Crippen LogP contribution is -2.37. The number of rotatable bonds is 0. The molecule has 0 aromatic carbocycles. The average molecular weight is 156 g/mol. The maximum absolute atomic E-state index is 9.69. The topological polar surface area (TPSA) is 40.5 Å². The lowest BCUT2D eigenvalue weighted by molar-refractivity contribution is -0.0299. The molecule has 2 aliphatic carbocycles. The van der Waals surface area contributed by atoms with Gasteiger partial charge in [-0.3, -0.25) is 0 Å². The van der Waals surface area contributed by atoms with Gasteiger partial charge >= 0.3 is 0 Å². The minimum Gasteiger partial charge on any atom is -0.392 e. The van der Waals surface area contributed by atoms with E-state index in [-0.39, 0.29) is 17.6 Å². The molecule has 64 valence electrons. The van der Waals surface area contributed by atoms with Crippen molar-refractivity contribution in [2.45, 2.75) is 50.7 Å². The summed E-state index contributed by atoms with van der Waals surface area (Å²) < 4.78 is 0. The van der Waals surface area contributed by atoms with Crippen LogP contribution >= 0.6 is 0 Å². The molecular weight excluding hydrogens is 140 g/mol. The maximum atomic E-state index is 9.69. The predicted octanol–water partition coefficient (Wildman–Crippen LogP) is 1.06. The largest absolute Gasteiger partial charge is 0.392 e. The molecular formula is C9H16O2. The number of aliphatic hydroxyl groups excluding tert-OH is 2. The van der Waals surface area contributed by atoms with Gasteiger partial charge in [0.25, 0.3) is 0 Å². The summed E-state index contributed by atoms with van der Waals surface area (Å²) in [6, 6.07) is 0. The van der Waals surface area contributed by atoms with E-state index in [1.165, 1.54) is 0 Å². The SMILES string of the molecule is OC1CCCC12CCCC2O. The normalized spacial score (nSPS) is 50.7. The maximum Gasteiger partial charge on any atom is 0.0621 e. The van der Waals surface area contributed by atoms with E-state index in [2.05, 4.69) is 0 Å².